The highest BCUT2D eigenvalue weighted by Crippen LogP contribution is 2.15. The van der Waals surface area contributed by atoms with Crippen LogP contribution in [0.25, 0.3) is 0 Å². The van der Waals surface area contributed by atoms with Crippen molar-refractivity contribution in [1.29, 1.82) is 0 Å². The van der Waals surface area contributed by atoms with E-state index < -0.39 is 0 Å². The third-order valence-electron chi connectivity index (χ3n) is 1.40. The Bertz CT molecular complexity index is 143. The van der Waals surface area contributed by atoms with E-state index in [9.17, 15) is 0 Å². The van der Waals surface area contributed by atoms with Crippen LogP contribution >= 0.6 is 0 Å². The van der Waals surface area contributed by atoms with Crippen molar-refractivity contribution < 1.29 is 9.31 Å². The highest BCUT2D eigenvalue weighted by atomic mass is 16.6. The smallest absolute Gasteiger partial charge is 0.405 e. The number of hydrogen-bond donors (Lipinski definition) is 0. The van der Waals surface area contributed by atoms with Gasteiger partial charge in [-0.1, -0.05) is 32.8 Å². The van der Waals surface area contributed by atoms with Gasteiger partial charge in [-0.05, 0) is 5.41 Å². The van der Waals surface area contributed by atoms with Crippen molar-refractivity contribution in [3.8, 4) is 0 Å². The number of hydrogen-bond acceptors (Lipinski definition) is 2. The molecule has 0 N–H and O–H groups in total. The molecule has 0 bridgehead atoms. The van der Waals surface area contributed by atoms with Gasteiger partial charge in [0.2, 0.25) is 0 Å². The fraction of sp³-hybridized carbons (Fsp3) is 0.750. The molecular weight excluding hydrogens is 139 g/mol. The largest absolute Gasteiger partial charge is 0.485 e. The summed E-state index contributed by atoms with van der Waals surface area (Å²) in [6.07, 6.45) is 2.11. The lowest BCUT2D eigenvalue weighted by Gasteiger charge is -2.11. The molecule has 1 rings (SSSR count). The summed E-state index contributed by atoms with van der Waals surface area (Å²) in [5.74, 6) is 1.98. The van der Waals surface area contributed by atoms with E-state index in [1.165, 1.54) is 0 Å². The van der Waals surface area contributed by atoms with Crippen molar-refractivity contribution in [3.63, 3.8) is 0 Å². The Morgan fingerprint density at radius 1 is 1.18 bits per heavy atom. The number of rotatable bonds is 1. The Kier molecular flexibility index (Phi) is 2.74. The molecule has 3 heteroatoms. The van der Waals surface area contributed by atoms with Gasteiger partial charge in [-0.3, -0.25) is 0 Å². The second-order valence-electron chi connectivity index (χ2n) is 3.84. The Labute approximate surface area is 68.7 Å². The molecule has 0 aromatic rings. The van der Waals surface area contributed by atoms with E-state index in [1.54, 1.807) is 0 Å². The van der Waals surface area contributed by atoms with Crippen LogP contribution in [0.2, 0.25) is 0 Å². The quantitative estimate of drug-likeness (QED) is 0.534. The van der Waals surface area contributed by atoms with Gasteiger partial charge in [0.05, 0.1) is 13.2 Å². The first-order chi connectivity index (χ1) is 5.08. The fourth-order valence-electron chi connectivity index (χ4n) is 0.855. The SMILES string of the molecule is CC(C)(C)/C=C/B1OCCO1. The lowest BCUT2D eigenvalue weighted by Crippen LogP contribution is -2.12. The van der Waals surface area contributed by atoms with E-state index in [0.29, 0.717) is 0 Å². The van der Waals surface area contributed by atoms with Crippen molar-refractivity contribution in [3.05, 3.63) is 12.1 Å². The second kappa shape index (κ2) is 3.41. The van der Waals surface area contributed by atoms with Crippen LogP contribution < -0.4 is 0 Å². The van der Waals surface area contributed by atoms with E-state index in [4.69, 9.17) is 9.31 Å². The minimum absolute atomic E-state index is 0.103. The molecule has 1 fully saturated rings. The third kappa shape index (κ3) is 3.58. The maximum atomic E-state index is 5.24. The van der Waals surface area contributed by atoms with Gasteiger partial charge >= 0.3 is 7.12 Å². The average molecular weight is 154 g/mol. The van der Waals surface area contributed by atoms with Gasteiger partial charge in [-0.2, -0.15) is 0 Å². The first-order valence-corrected chi connectivity index (χ1v) is 4.00. The molecule has 0 aromatic heterocycles. The van der Waals surface area contributed by atoms with Crippen LogP contribution in [0.4, 0.5) is 0 Å². The zero-order valence-corrected chi connectivity index (χ0v) is 7.46. The molecule has 1 heterocycles. The van der Waals surface area contributed by atoms with Crippen molar-refractivity contribution in [2.75, 3.05) is 13.2 Å². The zero-order valence-electron chi connectivity index (χ0n) is 7.46. The first kappa shape index (κ1) is 8.82. The zero-order chi connectivity index (χ0) is 8.32. The molecule has 2 nitrogen and oxygen atoms in total. The lowest BCUT2D eigenvalue weighted by atomic mass is 9.85. The Balaban J connectivity index is 2.34. The van der Waals surface area contributed by atoms with E-state index in [-0.39, 0.29) is 12.5 Å². The van der Waals surface area contributed by atoms with Gasteiger partial charge in [-0.25, -0.2) is 0 Å². The topological polar surface area (TPSA) is 18.5 Å². The Morgan fingerprint density at radius 2 is 1.73 bits per heavy atom. The normalized spacial score (nSPS) is 20.1. The van der Waals surface area contributed by atoms with Crippen molar-refractivity contribution in [2.45, 2.75) is 20.8 Å². The van der Waals surface area contributed by atoms with Crippen LogP contribution in [0, 0.1) is 5.41 Å². The van der Waals surface area contributed by atoms with Crippen LogP contribution in [0.5, 0.6) is 0 Å². The van der Waals surface area contributed by atoms with E-state index >= 15 is 0 Å². The molecule has 0 aliphatic carbocycles. The summed E-state index contributed by atoms with van der Waals surface area (Å²) in [5.41, 5.74) is 0.218. The fourth-order valence-corrected chi connectivity index (χ4v) is 0.855. The molecule has 0 aromatic carbocycles. The lowest BCUT2D eigenvalue weighted by molar-refractivity contribution is 0.365. The van der Waals surface area contributed by atoms with Crippen LogP contribution in [-0.4, -0.2) is 20.3 Å². The maximum absolute atomic E-state index is 5.24. The van der Waals surface area contributed by atoms with Gasteiger partial charge in [0, 0.05) is 0 Å². The van der Waals surface area contributed by atoms with Gasteiger partial charge < -0.3 is 9.31 Å². The monoisotopic (exact) mass is 154 g/mol. The van der Waals surface area contributed by atoms with E-state index in [2.05, 4.69) is 26.8 Å². The summed E-state index contributed by atoms with van der Waals surface area (Å²) in [5, 5.41) is 0. The Morgan fingerprint density at radius 3 is 2.18 bits per heavy atom. The van der Waals surface area contributed by atoms with Crippen LogP contribution in [0.1, 0.15) is 20.8 Å². The highest BCUT2D eigenvalue weighted by Gasteiger charge is 2.20. The van der Waals surface area contributed by atoms with Crippen LogP contribution in [0.3, 0.4) is 0 Å². The van der Waals surface area contributed by atoms with E-state index in [1.807, 2.05) is 5.98 Å². The molecule has 0 atom stereocenters. The van der Waals surface area contributed by atoms with Crippen molar-refractivity contribution >= 4 is 7.12 Å². The molecule has 1 aliphatic heterocycles. The molecule has 0 saturated carbocycles. The van der Waals surface area contributed by atoms with Crippen molar-refractivity contribution in [2.24, 2.45) is 5.41 Å². The van der Waals surface area contributed by atoms with Gasteiger partial charge in [0.1, 0.15) is 0 Å². The standard InChI is InChI=1S/C8H15BO2/c1-8(2,3)4-5-9-10-6-7-11-9/h4-5H,6-7H2,1-3H3/b5-4+. The molecule has 0 amide bonds. The molecule has 1 aliphatic rings. The second-order valence-corrected chi connectivity index (χ2v) is 3.84. The molecule has 0 unspecified atom stereocenters. The van der Waals surface area contributed by atoms with Gasteiger partial charge in [-0.15, -0.1) is 0 Å². The first-order valence-electron chi connectivity index (χ1n) is 4.00. The predicted molar refractivity (Wildman–Crippen MR) is 46.3 cm³/mol. The summed E-state index contributed by atoms with van der Waals surface area (Å²) in [4.78, 5) is 0. The molecular formula is C8H15BO2. The third-order valence-corrected chi connectivity index (χ3v) is 1.40. The van der Waals surface area contributed by atoms with Gasteiger partial charge in [0.15, 0.2) is 0 Å². The summed E-state index contributed by atoms with van der Waals surface area (Å²) >= 11 is 0. The summed E-state index contributed by atoms with van der Waals surface area (Å²) in [7, 11) is -0.103. The summed E-state index contributed by atoms with van der Waals surface area (Å²) < 4.78 is 10.5. The Hall–Kier alpha value is -0.275. The molecule has 0 spiro atoms. The predicted octanol–water partition coefficient (Wildman–Crippen LogP) is 1.66. The summed E-state index contributed by atoms with van der Waals surface area (Å²) in [6.45, 7) is 7.90. The van der Waals surface area contributed by atoms with Gasteiger partial charge in [0.25, 0.3) is 0 Å². The summed E-state index contributed by atoms with van der Waals surface area (Å²) in [6, 6.07) is 0. The minimum Gasteiger partial charge on any atom is -0.405 e. The molecule has 11 heavy (non-hydrogen) atoms. The maximum Gasteiger partial charge on any atom is 0.485 e. The highest BCUT2D eigenvalue weighted by molar-refractivity contribution is 6.51. The van der Waals surface area contributed by atoms with Crippen LogP contribution in [0.15, 0.2) is 12.1 Å². The average Bonchev–Trinajstić information content (AvgIpc) is 2.32. The minimum atomic E-state index is -0.103. The van der Waals surface area contributed by atoms with Crippen molar-refractivity contribution in [1.82, 2.24) is 0 Å². The molecule has 0 radical (unpaired) electrons. The molecule has 1 saturated heterocycles. The molecule has 62 valence electrons. The van der Waals surface area contributed by atoms with Crippen LogP contribution in [-0.2, 0) is 9.31 Å². The number of allylic oxidation sites excluding steroid dienone is 1. The van der Waals surface area contributed by atoms with E-state index in [0.717, 1.165) is 13.2 Å².